The zero-order valence-corrected chi connectivity index (χ0v) is 14.4. The number of nitrogens with zero attached hydrogens (tertiary/aromatic N) is 2. The highest BCUT2D eigenvalue weighted by molar-refractivity contribution is 5.92. The smallest absolute Gasteiger partial charge is 0.292 e. The Morgan fingerprint density at radius 1 is 1.36 bits per heavy atom. The van der Waals surface area contributed by atoms with Crippen LogP contribution in [-0.4, -0.2) is 65.2 Å². The van der Waals surface area contributed by atoms with Crippen LogP contribution in [0.3, 0.4) is 0 Å². The maximum Gasteiger partial charge on any atom is 0.292 e. The first-order chi connectivity index (χ1) is 11.8. The molecule has 1 aromatic heterocycles. The monoisotopic (exact) mass is 352 g/mol. The highest BCUT2D eigenvalue weighted by atomic mass is 16.5. The van der Waals surface area contributed by atoms with Gasteiger partial charge in [0.2, 0.25) is 11.7 Å². The van der Waals surface area contributed by atoms with Gasteiger partial charge in [0, 0.05) is 32.2 Å². The molecule has 2 aliphatic heterocycles. The second kappa shape index (κ2) is 7.64. The van der Waals surface area contributed by atoms with Gasteiger partial charge in [-0.3, -0.25) is 14.4 Å². The van der Waals surface area contributed by atoms with Crippen molar-refractivity contribution in [2.75, 3.05) is 26.2 Å². The van der Waals surface area contributed by atoms with Crippen molar-refractivity contribution in [1.29, 1.82) is 0 Å². The Labute approximate surface area is 145 Å². The molecule has 25 heavy (non-hydrogen) atoms. The van der Waals surface area contributed by atoms with Crippen molar-refractivity contribution in [3.8, 4) is 0 Å². The van der Waals surface area contributed by atoms with E-state index in [-0.39, 0.29) is 29.5 Å². The van der Waals surface area contributed by atoms with E-state index in [2.05, 4.69) is 29.6 Å². The summed E-state index contributed by atoms with van der Waals surface area (Å²) in [7, 11) is 0. The second-order valence-electron chi connectivity index (χ2n) is 7.06. The molecular weight excluding hydrogens is 328 g/mol. The van der Waals surface area contributed by atoms with Gasteiger partial charge in [-0.1, -0.05) is 19.0 Å². The summed E-state index contributed by atoms with van der Waals surface area (Å²) in [6.07, 6.45) is 2.67. The van der Waals surface area contributed by atoms with Crippen LogP contribution in [0.1, 0.15) is 37.2 Å². The van der Waals surface area contributed by atoms with E-state index in [9.17, 15) is 9.59 Å². The highest BCUT2D eigenvalue weighted by Crippen LogP contribution is 2.28. The van der Waals surface area contributed by atoms with E-state index in [1.807, 2.05) is 0 Å². The van der Waals surface area contributed by atoms with Gasteiger partial charge in [-0.05, 0) is 18.3 Å². The second-order valence-corrected chi connectivity index (χ2v) is 7.06. The fourth-order valence-corrected chi connectivity index (χ4v) is 3.02. The first-order valence-electron chi connectivity index (χ1n) is 8.15. The molecule has 1 aromatic rings. The van der Waals surface area contributed by atoms with E-state index in [1.165, 1.54) is 6.20 Å². The number of hydrogen-bond acceptors (Lipinski definition) is 6. The molecule has 0 saturated carbocycles. The lowest BCUT2D eigenvalue weighted by Gasteiger charge is -2.40. The van der Waals surface area contributed by atoms with Crippen LogP contribution >= 0.6 is 0 Å². The molecule has 9 nitrogen and oxygen atoms in total. The fraction of sp³-hybridized carbons (Fsp3) is 0.625. The minimum absolute atomic E-state index is 0.0337. The standard InChI is InChI=1S/C15H22N4O3.CH2O2/c1-14(2)9-16-13(21)15(17-10-14)4-7-19(8-5-15)12(20)11-3-6-18-22-11;2-1-3/h3,6,17H,4-5,7-10H2,1-2H3,(H,16,21);1H,(H,2,3). The lowest BCUT2D eigenvalue weighted by Crippen LogP contribution is -2.61. The molecule has 9 heteroatoms. The van der Waals surface area contributed by atoms with Gasteiger partial charge in [0.1, 0.15) is 5.54 Å². The van der Waals surface area contributed by atoms with E-state index in [0.29, 0.717) is 32.5 Å². The molecule has 2 amide bonds. The number of carbonyl (C=O) groups is 3. The van der Waals surface area contributed by atoms with Crippen molar-refractivity contribution in [1.82, 2.24) is 20.7 Å². The van der Waals surface area contributed by atoms with Crippen molar-refractivity contribution < 1.29 is 24.0 Å². The van der Waals surface area contributed by atoms with Gasteiger partial charge in [-0.25, -0.2) is 0 Å². The molecule has 3 heterocycles. The number of carbonyl (C=O) groups excluding carboxylic acids is 2. The molecule has 3 N–H and O–H groups in total. The summed E-state index contributed by atoms with van der Waals surface area (Å²) < 4.78 is 4.92. The summed E-state index contributed by atoms with van der Waals surface area (Å²) in [4.78, 5) is 34.8. The summed E-state index contributed by atoms with van der Waals surface area (Å²) in [5, 5.41) is 16.9. The molecule has 2 aliphatic rings. The Hall–Kier alpha value is -2.42. The number of rotatable bonds is 1. The normalized spacial score (nSPS) is 21.5. The van der Waals surface area contributed by atoms with Crippen molar-refractivity contribution in [2.24, 2.45) is 5.41 Å². The quantitative estimate of drug-likeness (QED) is 0.612. The van der Waals surface area contributed by atoms with Gasteiger partial charge in [-0.2, -0.15) is 0 Å². The maximum atomic E-state index is 12.5. The molecule has 0 bridgehead atoms. The SMILES string of the molecule is CC1(C)CNC(=O)C2(CCN(C(=O)c3ccno3)CC2)NC1.O=CO. The number of nitrogens with one attached hydrogen (secondary N) is 2. The molecule has 2 fully saturated rings. The lowest BCUT2D eigenvalue weighted by molar-refractivity contribution is -0.128. The molecule has 138 valence electrons. The van der Waals surface area contributed by atoms with Crippen molar-refractivity contribution >= 4 is 18.3 Å². The number of carboxylic acid groups (broad SMARTS) is 1. The Morgan fingerprint density at radius 2 is 2.00 bits per heavy atom. The molecule has 2 saturated heterocycles. The highest BCUT2D eigenvalue weighted by Gasteiger charge is 2.45. The van der Waals surface area contributed by atoms with Crippen molar-refractivity contribution in [3.05, 3.63) is 18.0 Å². The minimum Gasteiger partial charge on any atom is -0.483 e. The summed E-state index contributed by atoms with van der Waals surface area (Å²) in [6.45, 7) is 6.51. The molecule has 0 aliphatic carbocycles. The van der Waals surface area contributed by atoms with Crippen molar-refractivity contribution in [3.63, 3.8) is 0 Å². The number of amides is 2. The van der Waals surface area contributed by atoms with Crippen LogP contribution in [0, 0.1) is 5.41 Å². The maximum absolute atomic E-state index is 12.5. The van der Waals surface area contributed by atoms with Gasteiger partial charge in [0.05, 0.1) is 6.20 Å². The third kappa shape index (κ3) is 4.36. The number of piperidine rings is 1. The van der Waals surface area contributed by atoms with Gasteiger partial charge in [0.15, 0.2) is 0 Å². The van der Waals surface area contributed by atoms with E-state index < -0.39 is 5.54 Å². The van der Waals surface area contributed by atoms with Crippen LogP contribution in [-0.2, 0) is 9.59 Å². The first kappa shape index (κ1) is 18.9. The average molecular weight is 352 g/mol. The zero-order valence-electron chi connectivity index (χ0n) is 14.4. The third-order valence-electron chi connectivity index (χ3n) is 4.62. The van der Waals surface area contributed by atoms with E-state index >= 15 is 0 Å². The van der Waals surface area contributed by atoms with Gasteiger partial charge >= 0.3 is 0 Å². The average Bonchev–Trinajstić information content (AvgIpc) is 3.10. The molecule has 0 aromatic carbocycles. The fourth-order valence-electron chi connectivity index (χ4n) is 3.02. The molecule has 0 radical (unpaired) electrons. The van der Waals surface area contributed by atoms with Gasteiger partial charge in [-0.15, -0.1) is 0 Å². The summed E-state index contributed by atoms with van der Waals surface area (Å²) in [5.41, 5.74) is -0.530. The van der Waals surface area contributed by atoms with Gasteiger partial charge < -0.3 is 25.2 Å². The molecule has 0 atom stereocenters. The number of likely N-dealkylation sites (tertiary alicyclic amines) is 1. The van der Waals surface area contributed by atoms with Gasteiger partial charge in [0.25, 0.3) is 12.4 Å². The zero-order chi connectivity index (χ0) is 18.5. The van der Waals surface area contributed by atoms with Crippen LogP contribution < -0.4 is 10.6 Å². The largest absolute Gasteiger partial charge is 0.483 e. The van der Waals surface area contributed by atoms with Crippen LogP contribution in [0.15, 0.2) is 16.8 Å². The number of hydrogen-bond donors (Lipinski definition) is 3. The van der Waals surface area contributed by atoms with Crippen LogP contribution in [0.5, 0.6) is 0 Å². The molecule has 3 rings (SSSR count). The first-order valence-corrected chi connectivity index (χ1v) is 8.15. The van der Waals surface area contributed by atoms with Crippen LogP contribution in [0.2, 0.25) is 0 Å². The Morgan fingerprint density at radius 3 is 2.56 bits per heavy atom. The lowest BCUT2D eigenvalue weighted by atomic mass is 9.86. The minimum atomic E-state index is -0.564. The summed E-state index contributed by atoms with van der Waals surface area (Å²) >= 11 is 0. The summed E-state index contributed by atoms with van der Waals surface area (Å²) in [6, 6.07) is 1.56. The van der Waals surface area contributed by atoms with E-state index in [4.69, 9.17) is 14.4 Å². The molecule has 1 spiro atoms. The summed E-state index contributed by atoms with van der Waals surface area (Å²) in [5.74, 6) is 0.127. The van der Waals surface area contributed by atoms with Crippen LogP contribution in [0.25, 0.3) is 0 Å². The third-order valence-corrected chi connectivity index (χ3v) is 4.62. The Bertz CT molecular complexity index is 606. The molecular formula is C16H24N4O5. The van der Waals surface area contributed by atoms with E-state index in [0.717, 1.165) is 6.54 Å². The Kier molecular flexibility index (Phi) is 5.78. The van der Waals surface area contributed by atoms with Crippen LogP contribution in [0.4, 0.5) is 0 Å². The topological polar surface area (TPSA) is 125 Å². The predicted molar refractivity (Wildman–Crippen MR) is 87.9 cm³/mol. The van der Waals surface area contributed by atoms with E-state index in [1.54, 1.807) is 11.0 Å². The van der Waals surface area contributed by atoms with Crippen molar-refractivity contribution in [2.45, 2.75) is 32.2 Å². The molecule has 0 unspecified atom stereocenters. The predicted octanol–water partition coefficient (Wildman–Crippen LogP) is 0.0958. The number of aromatic nitrogens is 1. The Balaban J connectivity index is 0.000000701.